The molecule has 2 aromatic rings. The van der Waals surface area contributed by atoms with E-state index in [4.69, 9.17) is 0 Å². The highest BCUT2D eigenvalue weighted by Crippen LogP contribution is 2.29. The zero-order chi connectivity index (χ0) is 14.7. The molecule has 20 heavy (non-hydrogen) atoms. The van der Waals surface area contributed by atoms with Crippen molar-refractivity contribution in [2.24, 2.45) is 0 Å². The lowest BCUT2D eigenvalue weighted by atomic mass is 10.2. The van der Waals surface area contributed by atoms with Crippen molar-refractivity contribution in [2.45, 2.75) is 24.6 Å². The van der Waals surface area contributed by atoms with Gasteiger partial charge in [-0.15, -0.1) is 0 Å². The lowest BCUT2D eigenvalue weighted by Crippen LogP contribution is -2.22. The topological polar surface area (TPSA) is 45.2 Å². The summed E-state index contributed by atoms with van der Waals surface area (Å²) < 4.78 is 1.08. The molecule has 0 aliphatic carbocycles. The number of hydrogen-bond donors (Lipinski definition) is 1. The van der Waals surface area contributed by atoms with Gasteiger partial charge in [0.05, 0.1) is 15.0 Å². The first kappa shape index (κ1) is 15.3. The molecule has 1 amide bonds. The van der Waals surface area contributed by atoms with Crippen LogP contribution in [0.25, 0.3) is 10.2 Å². The molecule has 1 heterocycles. The maximum Gasteiger partial charge on any atom is 0.239 e. The van der Waals surface area contributed by atoms with Gasteiger partial charge < -0.3 is 10.2 Å². The Kier molecular flexibility index (Phi) is 4.99. The largest absolute Gasteiger partial charge is 0.378 e. The third-order valence-corrected chi connectivity index (χ3v) is 4.75. The molecule has 1 aromatic carbocycles. The van der Waals surface area contributed by atoms with Crippen LogP contribution in [-0.4, -0.2) is 29.8 Å². The standard InChI is InChI=1S/C14H18BrN3OS/c1-4-5-10(15)13(19)17-14-16-11-7-6-9(18(2)3)8-12(11)20-14/h6-8,10H,4-5H2,1-3H3,(H,16,17,19)/t10-/m0/s1. The van der Waals surface area contributed by atoms with Crippen molar-refractivity contribution in [3.8, 4) is 0 Å². The minimum Gasteiger partial charge on any atom is -0.378 e. The van der Waals surface area contributed by atoms with Crippen LogP contribution >= 0.6 is 27.3 Å². The maximum absolute atomic E-state index is 12.0. The van der Waals surface area contributed by atoms with Crippen LogP contribution in [0.2, 0.25) is 0 Å². The Morgan fingerprint density at radius 2 is 2.25 bits per heavy atom. The number of rotatable bonds is 5. The Morgan fingerprint density at radius 1 is 1.50 bits per heavy atom. The number of alkyl halides is 1. The second-order valence-electron chi connectivity index (χ2n) is 4.81. The zero-order valence-electron chi connectivity index (χ0n) is 11.8. The van der Waals surface area contributed by atoms with Crippen molar-refractivity contribution in [1.29, 1.82) is 0 Å². The lowest BCUT2D eigenvalue weighted by molar-refractivity contribution is -0.115. The number of nitrogens with one attached hydrogen (secondary N) is 1. The van der Waals surface area contributed by atoms with Crippen LogP contribution in [0.15, 0.2) is 18.2 Å². The van der Waals surface area contributed by atoms with Crippen LogP contribution in [-0.2, 0) is 4.79 Å². The third-order valence-electron chi connectivity index (χ3n) is 2.95. The van der Waals surface area contributed by atoms with Crippen LogP contribution in [0.4, 0.5) is 10.8 Å². The average Bonchev–Trinajstić information content (AvgIpc) is 2.79. The second kappa shape index (κ2) is 6.54. The van der Waals surface area contributed by atoms with Crippen LogP contribution in [0.3, 0.4) is 0 Å². The van der Waals surface area contributed by atoms with E-state index in [1.54, 1.807) is 0 Å². The molecule has 1 atom stereocenters. The Bertz CT molecular complexity index is 611. The minimum absolute atomic E-state index is 0.0289. The predicted molar refractivity (Wildman–Crippen MR) is 90.2 cm³/mol. The van der Waals surface area contributed by atoms with Gasteiger partial charge in [0.15, 0.2) is 5.13 Å². The molecule has 0 radical (unpaired) electrons. The van der Waals surface area contributed by atoms with Crippen molar-refractivity contribution in [3.05, 3.63) is 18.2 Å². The van der Waals surface area contributed by atoms with E-state index in [1.807, 2.05) is 31.1 Å². The molecular formula is C14H18BrN3OS. The summed E-state index contributed by atoms with van der Waals surface area (Å²) in [6.07, 6.45) is 1.79. The van der Waals surface area contributed by atoms with E-state index in [2.05, 4.69) is 39.2 Å². The molecule has 2 rings (SSSR count). The molecular weight excluding hydrogens is 338 g/mol. The maximum atomic E-state index is 12.0. The van der Waals surface area contributed by atoms with Crippen molar-refractivity contribution in [2.75, 3.05) is 24.3 Å². The van der Waals surface area contributed by atoms with Gasteiger partial charge in [-0.2, -0.15) is 0 Å². The molecule has 0 unspecified atom stereocenters. The van der Waals surface area contributed by atoms with E-state index in [1.165, 1.54) is 11.3 Å². The Morgan fingerprint density at radius 3 is 2.90 bits per heavy atom. The number of hydrogen-bond acceptors (Lipinski definition) is 4. The summed E-state index contributed by atoms with van der Waals surface area (Å²) in [5, 5.41) is 3.53. The molecule has 0 bridgehead atoms. The van der Waals surface area contributed by atoms with Crippen molar-refractivity contribution in [3.63, 3.8) is 0 Å². The number of nitrogens with zero attached hydrogens (tertiary/aromatic N) is 2. The molecule has 0 aliphatic heterocycles. The summed E-state index contributed by atoms with van der Waals surface area (Å²) >= 11 is 4.90. The van der Waals surface area contributed by atoms with E-state index in [0.717, 1.165) is 28.7 Å². The monoisotopic (exact) mass is 355 g/mol. The SMILES string of the molecule is CCC[C@H](Br)C(=O)Nc1nc2ccc(N(C)C)cc2s1. The Labute approximate surface area is 131 Å². The van der Waals surface area contributed by atoms with Crippen LogP contribution in [0.5, 0.6) is 0 Å². The normalized spacial score (nSPS) is 12.4. The van der Waals surface area contributed by atoms with Crippen LogP contribution in [0.1, 0.15) is 19.8 Å². The molecule has 1 aromatic heterocycles. The number of carbonyl (C=O) groups is 1. The van der Waals surface area contributed by atoms with Gasteiger partial charge in [0, 0.05) is 19.8 Å². The van der Waals surface area contributed by atoms with Crippen LogP contribution < -0.4 is 10.2 Å². The quantitative estimate of drug-likeness (QED) is 0.828. The van der Waals surface area contributed by atoms with Gasteiger partial charge in [0.1, 0.15) is 0 Å². The van der Waals surface area contributed by atoms with Gasteiger partial charge in [-0.05, 0) is 24.6 Å². The van der Waals surface area contributed by atoms with Gasteiger partial charge in [0.25, 0.3) is 0 Å². The number of benzene rings is 1. The fourth-order valence-electron chi connectivity index (χ4n) is 1.81. The van der Waals surface area contributed by atoms with E-state index >= 15 is 0 Å². The predicted octanol–water partition coefficient (Wildman–Crippen LogP) is 3.86. The molecule has 0 saturated carbocycles. The molecule has 0 saturated heterocycles. The summed E-state index contributed by atoms with van der Waals surface area (Å²) in [6.45, 7) is 2.06. The number of fused-ring (bicyclic) bond motifs is 1. The number of aromatic nitrogens is 1. The van der Waals surface area contributed by atoms with E-state index in [9.17, 15) is 4.79 Å². The van der Waals surface area contributed by atoms with E-state index in [0.29, 0.717) is 5.13 Å². The molecule has 6 heteroatoms. The molecule has 0 fully saturated rings. The van der Waals surface area contributed by atoms with Gasteiger partial charge in [0.2, 0.25) is 5.91 Å². The summed E-state index contributed by atoms with van der Waals surface area (Å²) in [5.74, 6) is -0.0289. The zero-order valence-corrected chi connectivity index (χ0v) is 14.2. The number of anilines is 2. The van der Waals surface area contributed by atoms with Gasteiger partial charge in [-0.3, -0.25) is 4.79 Å². The number of carbonyl (C=O) groups excluding carboxylic acids is 1. The Balaban J connectivity index is 2.17. The number of amides is 1. The number of thiazole rings is 1. The van der Waals surface area contributed by atoms with Crippen molar-refractivity contribution >= 4 is 54.2 Å². The second-order valence-corrected chi connectivity index (χ2v) is 6.95. The first-order valence-electron chi connectivity index (χ1n) is 6.54. The number of halogens is 1. The van der Waals surface area contributed by atoms with Crippen molar-refractivity contribution < 1.29 is 4.79 Å². The third kappa shape index (κ3) is 3.49. The van der Waals surface area contributed by atoms with Crippen LogP contribution in [0, 0.1) is 0 Å². The van der Waals surface area contributed by atoms with Gasteiger partial charge in [-0.1, -0.05) is 40.6 Å². The van der Waals surface area contributed by atoms with Gasteiger partial charge in [-0.25, -0.2) is 4.98 Å². The molecule has 108 valence electrons. The highest BCUT2D eigenvalue weighted by Gasteiger charge is 2.15. The summed E-state index contributed by atoms with van der Waals surface area (Å²) in [5.41, 5.74) is 2.04. The highest BCUT2D eigenvalue weighted by atomic mass is 79.9. The summed E-state index contributed by atoms with van der Waals surface area (Å²) in [6, 6.07) is 6.09. The fraction of sp³-hybridized carbons (Fsp3) is 0.429. The first-order valence-corrected chi connectivity index (χ1v) is 8.27. The van der Waals surface area contributed by atoms with E-state index in [-0.39, 0.29) is 10.7 Å². The highest BCUT2D eigenvalue weighted by molar-refractivity contribution is 9.10. The fourth-order valence-corrected chi connectivity index (χ4v) is 3.29. The molecule has 0 spiro atoms. The summed E-state index contributed by atoms with van der Waals surface area (Å²) in [7, 11) is 4.01. The van der Waals surface area contributed by atoms with E-state index < -0.39 is 0 Å². The summed E-state index contributed by atoms with van der Waals surface area (Å²) in [4.78, 5) is 18.3. The van der Waals surface area contributed by atoms with Crippen molar-refractivity contribution in [1.82, 2.24) is 4.98 Å². The lowest BCUT2D eigenvalue weighted by Gasteiger charge is -2.11. The Hall–Kier alpha value is -1.14. The van der Waals surface area contributed by atoms with Gasteiger partial charge >= 0.3 is 0 Å². The molecule has 4 nitrogen and oxygen atoms in total. The molecule has 1 N–H and O–H groups in total. The first-order chi connectivity index (χ1) is 9.51. The molecule has 0 aliphatic rings. The average molecular weight is 356 g/mol. The smallest absolute Gasteiger partial charge is 0.239 e. The minimum atomic E-state index is -0.156.